The average Bonchev–Trinajstić information content (AvgIpc) is 2.53. The molecule has 0 unspecified atom stereocenters. The maximum absolute atomic E-state index is 12.3. The van der Waals surface area contributed by atoms with E-state index in [2.05, 4.69) is 15.8 Å². The van der Waals surface area contributed by atoms with Crippen LogP contribution in [0, 0.1) is 11.3 Å². The predicted octanol–water partition coefficient (Wildman–Crippen LogP) is 3.98. The summed E-state index contributed by atoms with van der Waals surface area (Å²) in [6.07, 6.45) is -1.20. The maximum Gasteiger partial charge on any atom is 0.573 e. The summed E-state index contributed by atoms with van der Waals surface area (Å²) in [7, 11) is 0. The molecule has 4 nitrogen and oxygen atoms in total. The van der Waals surface area contributed by atoms with Crippen LogP contribution in [0.15, 0.2) is 24.3 Å². The molecule has 2 aromatic rings. The van der Waals surface area contributed by atoms with Crippen LogP contribution in [0.3, 0.4) is 0 Å². The molecule has 0 amide bonds. The fourth-order valence-electron chi connectivity index (χ4n) is 3.02. The second kappa shape index (κ2) is 6.04. The Bertz CT molecular complexity index is 808. The number of alkyl halides is 3. The molecular weight excluding hydrogens is 319 g/mol. The summed E-state index contributed by atoms with van der Waals surface area (Å²) >= 11 is 0. The van der Waals surface area contributed by atoms with Crippen molar-refractivity contribution < 1.29 is 17.9 Å². The molecule has 1 aliphatic rings. The number of nitrogen functional groups attached to an aromatic ring is 1. The molecule has 0 fully saturated rings. The van der Waals surface area contributed by atoms with Gasteiger partial charge in [0, 0.05) is 11.3 Å². The van der Waals surface area contributed by atoms with Crippen LogP contribution >= 0.6 is 0 Å². The van der Waals surface area contributed by atoms with Crippen LogP contribution in [-0.4, -0.2) is 11.3 Å². The highest BCUT2D eigenvalue weighted by Gasteiger charge is 2.31. The molecular formula is C17H14F3N3O. The van der Waals surface area contributed by atoms with Gasteiger partial charge in [-0.1, -0.05) is 12.1 Å². The summed E-state index contributed by atoms with van der Waals surface area (Å²) in [5, 5.41) is 9.43. The molecule has 1 aromatic heterocycles. The third kappa shape index (κ3) is 3.13. The van der Waals surface area contributed by atoms with Crippen molar-refractivity contribution in [3.8, 4) is 22.9 Å². The van der Waals surface area contributed by atoms with Gasteiger partial charge < -0.3 is 10.5 Å². The molecule has 1 aliphatic carbocycles. The molecule has 0 saturated carbocycles. The van der Waals surface area contributed by atoms with Crippen molar-refractivity contribution in [3.05, 3.63) is 41.1 Å². The van der Waals surface area contributed by atoms with E-state index in [0.29, 0.717) is 11.1 Å². The van der Waals surface area contributed by atoms with Crippen molar-refractivity contribution in [1.82, 2.24) is 4.98 Å². The summed E-state index contributed by atoms with van der Waals surface area (Å²) in [5.74, 6) is -0.149. The number of fused-ring (bicyclic) bond motifs is 1. The van der Waals surface area contributed by atoms with Crippen LogP contribution in [0.2, 0.25) is 0 Å². The first-order chi connectivity index (χ1) is 11.4. The Morgan fingerprint density at radius 3 is 2.42 bits per heavy atom. The summed E-state index contributed by atoms with van der Waals surface area (Å²) in [6, 6.07) is 7.54. The fourth-order valence-corrected chi connectivity index (χ4v) is 3.02. The number of anilines is 1. The van der Waals surface area contributed by atoms with E-state index in [0.717, 1.165) is 36.9 Å². The number of hydrogen-bond donors (Lipinski definition) is 1. The average molecular weight is 333 g/mol. The normalized spacial score (nSPS) is 13.9. The van der Waals surface area contributed by atoms with Gasteiger partial charge in [0.1, 0.15) is 23.2 Å². The van der Waals surface area contributed by atoms with Gasteiger partial charge >= 0.3 is 6.36 Å². The van der Waals surface area contributed by atoms with E-state index in [1.807, 2.05) is 0 Å². The zero-order valence-electron chi connectivity index (χ0n) is 12.7. The smallest absolute Gasteiger partial charge is 0.406 e. The predicted molar refractivity (Wildman–Crippen MR) is 82.1 cm³/mol. The molecule has 0 spiro atoms. The topological polar surface area (TPSA) is 71.9 Å². The lowest BCUT2D eigenvalue weighted by atomic mass is 9.86. The van der Waals surface area contributed by atoms with E-state index in [9.17, 15) is 18.4 Å². The number of nitriles is 1. The first-order valence-corrected chi connectivity index (χ1v) is 7.46. The van der Waals surface area contributed by atoms with E-state index < -0.39 is 6.36 Å². The largest absolute Gasteiger partial charge is 0.573 e. The number of rotatable bonds is 2. The van der Waals surface area contributed by atoms with Crippen LogP contribution < -0.4 is 10.5 Å². The van der Waals surface area contributed by atoms with Crippen LogP contribution in [-0.2, 0) is 12.8 Å². The Balaban J connectivity index is 2.09. The minimum Gasteiger partial charge on any atom is -0.406 e. The first-order valence-electron chi connectivity index (χ1n) is 7.46. The van der Waals surface area contributed by atoms with E-state index in [-0.39, 0.29) is 17.1 Å². The van der Waals surface area contributed by atoms with Gasteiger partial charge in [0.25, 0.3) is 0 Å². The number of aryl methyl sites for hydroxylation is 1. The Morgan fingerprint density at radius 1 is 1.12 bits per heavy atom. The van der Waals surface area contributed by atoms with Crippen LogP contribution in [0.25, 0.3) is 11.1 Å². The number of benzene rings is 1. The molecule has 1 heterocycles. The van der Waals surface area contributed by atoms with E-state index in [1.165, 1.54) is 24.3 Å². The highest BCUT2D eigenvalue weighted by Crippen LogP contribution is 2.36. The molecule has 1 aromatic carbocycles. The SMILES string of the molecule is N#Cc1c(N)nc2c(c1-c1ccc(OC(F)(F)F)cc1)CCCC2. The molecule has 7 heteroatoms. The van der Waals surface area contributed by atoms with Crippen molar-refractivity contribution in [2.75, 3.05) is 5.73 Å². The Labute approximate surface area is 136 Å². The molecule has 2 N–H and O–H groups in total. The molecule has 0 aliphatic heterocycles. The van der Waals surface area contributed by atoms with Gasteiger partial charge in [0.05, 0.1) is 0 Å². The van der Waals surface area contributed by atoms with E-state index >= 15 is 0 Å². The van der Waals surface area contributed by atoms with Gasteiger partial charge in [-0.05, 0) is 48.9 Å². The highest BCUT2D eigenvalue weighted by atomic mass is 19.4. The van der Waals surface area contributed by atoms with Crippen molar-refractivity contribution in [1.29, 1.82) is 5.26 Å². The molecule has 0 bridgehead atoms. The first kappa shape index (κ1) is 16.1. The second-order valence-electron chi connectivity index (χ2n) is 5.56. The van der Waals surface area contributed by atoms with Gasteiger partial charge in [-0.2, -0.15) is 5.26 Å². The van der Waals surface area contributed by atoms with Gasteiger partial charge in [0.15, 0.2) is 0 Å². The molecule has 124 valence electrons. The van der Waals surface area contributed by atoms with Crippen molar-refractivity contribution >= 4 is 5.82 Å². The third-order valence-corrected chi connectivity index (χ3v) is 3.99. The Kier molecular flexibility index (Phi) is 4.06. The van der Waals surface area contributed by atoms with Crippen LogP contribution in [0.4, 0.5) is 19.0 Å². The van der Waals surface area contributed by atoms with Gasteiger partial charge in [-0.25, -0.2) is 4.98 Å². The Hall–Kier alpha value is -2.75. The fraction of sp³-hybridized carbons (Fsp3) is 0.294. The summed E-state index contributed by atoms with van der Waals surface area (Å²) < 4.78 is 40.7. The van der Waals surface area contributed by atoms with Crippen LogP contribution in [0.5, 0.6) is 5.75 Å². The number of ether oxygens (including phenoxy) is 1. The quantitative estimate of drug-likeness (QED) is 0.902. The van der Waals surface area contributed by atoms with E-state index in [4.69, 9.17) is 5.73 Å². The summed E-state index contributed by atoms with van der Waals surface area (Å²) in [4.78, 5) is 4.32. The third-order valence-electron chi connectivity index (χ3n) is 3.99. The number of pyridine rings is 1. The minimum absolute atomic E-state index is 0.156. The zero-order valence-corrected chi connectivity index (χ0v) is 12.7. The number of hydrogen-bond acceptors (Lipinski definition) is 4. The molecule has 3 rings (SSSR count). The van der Waals surface area contributed by atoms with Gasteiger partial charge in [0.2, 0.25) is 0 Å². The summed E-state index contributed by atoms with van der Waals surface area (Å²) in [6.45, 7) is 0. The molecule has 0 atom stereocenters. The number of nitrogens with zero attached hydrogens (tertiary/aromatic N) is 2. The lowest BCUT2D eigenvalue weighted by molar-refractivity contribution is -0.274. The zero-order chi connectivity index (χ0) is 17.3. The maximum atomic E-state index is 12.3. The van der Waals surface area contributed by atoms with Gasteiger partial charge in [-0.15, -0.1) is 13.2 Å². The van der Waals surface area contributed by atoms with E-state index in [1.54, 1.807) is 0 Å². The van der Waals surface area contributed by atoms with Crippen molar-refractivity contribution in [2.24, 2.45) is 0 Å². The second-order valence-corrected chi connectivity index (χ2v) is 5.56. The van der Waals surface area contributed by atoms with Crippen molar-refractivity contribution in [2.45, 2.75) is 32.0 Å². The highest BCUT2D eigenvalue weighted by molar-refractivity contribution is 5.79. The standard InChI is InChI=1S/C17H14F3N3O/c18-17(19,20)24-11-7-5-10(6-8-11)15-12-3-1-2-4-14(12)23-16(22)13(15)9-21/h5-8H,1-4H2,(H2,22,23). The molecule has 0 saturated heterocycles. The number of aromatic nitrogens is 1. The monoisotopic (exact) mass is 333 g/mol. The number of halogens is 3. The molecule has 24 heavy (non-hydrogen) atoms. The van der Waals surface area contributed by atoms with Crippen molar-refractivity contribution in [3.63, 3.8) is 0 Å². The lowest BCUT2D eigenvalue weighted by Gasteiger charge is -2.21. The number of nitrogens with two attached hydrogens (primary N) is 1. The molecule has 0 radical (unpaired) electrons. The Morgan fingerprint density at radius 2 is 1.79 bits per heavy atom. The lowest BCUT2D eigenvalue weighted by Crippen LogP contribution is -2.17. The van der Waals surface area contributed by atoms with Gasteiger partial charge in [-0.3, -0.25) is 0 Å². The van der Waals surface area contributed by atoms with Crippen LogP contribution in [0.1, 0.15) is 29.7 Å². The minimum atomic E-state index is -4.74. The summed E-state index contributed by atoms with van der Waals surface area (Å²) in [5.41, 5.74) is 9.28.